The van der Waals surface area contributed by atoms with Gasteiger partial charge in [-0.1, -0.05) is 157 Å². The molecule has 6 aromatic heterocycles. The van der Waals surface area contributed by atoms with E-state index in [1.807, 2.05) is 72.8 Å². The highest BCUT2D eigenvalue weighted by Gasteiger charge is 2.28. The average molecular weight is 943 g/mol. The molecule has 0 radical (unpaired) electrons. The van der Waals surface area contributed by atoms with E-state index < -0.39 is 143 Å². The van der Waals surface area contributed by atoms with Gasteiger partial charge in [0.15, 0.2) is 5.82 Å². The number of hydrogen-bond acceptors (Lipinski definition) is 4. The summed E-state index contributed by atoms with van der Waals surface area (Å²) in [4.78, 5) is 15.8. The van der Waals surface area contributed by atoms with E-state index in [-0.39, 0.29) is 49.8 Å². The summed E-state index contributed by atoms with van der Waals surface area (Å²) in [6.07, 6.45) is 0. The first kappa shape index (κ1) is 24.8. The van der Waals surface area contributed by atoms with Crippen LogP contribution in [0.5, 0.6) is 0 Å². The molecule has 6 heterocycles. The molecule has 0 amide bonds. The average Bonchev–Trinajstić information content (AvgIpc) is 1.53. The monoisotopic (exact) mass is 942 g/mol. The van der Waals surface area contributed by atoms with Crippen LogP contribution in [0.2, 0.25) is 0 Å². The second-order valence-electron chi connectivity index (χ2n) is 16.9. The molecule has 0 unspecified atom stereocenters. The van der Waals surface area contributed by atoms with Crippen LogP contribution in [0, 0.1) is 0 Å². The highest BCUT2D eigenvalue weighted by molar-refractivity contribution is 7.26. The Morgan fingerprint density at radius 3 is 1.32 bits per heavy atom. The van der Waals surface area contributed by atoms with Crippen molar-refractivity contribution in [2.45, 2.75) is 0 Å². The normalized spacial score (nSPS) is 16.0. The topological polar surface area (TPSA) is 58.4 Å². The minimum Gasteiger partial charge on any atom is -0.308 e. The van der Waals surface area contributed by atoms with Crippen molar-refractivity contribution >= 4 is 119 Å². The van der Waals surface area contributed by atoms with Crippen molar-refractivity contribution in [3.05, 3.63) is 224 Å². The van der Waals surface area contributed by atoms with Crippen LogP contribution in [0.4, 0.5) is 0 Å². The number of nitrogens with zero attached hydrogens (tertiary/aromatic N) is 7. The van der Waals surface area contributed by atoms with Gasteiger partial charge in [0.2, 0.25) is 11.9 Å². The molecule has 0 saturated heterocycles. The third kappa shape index (κ3) is 5.34. The number of fused-ring (bicyclic) bond motifs is 16. The van der Waals surface area contributed by atoms with E-state index in [0.717, 1.165) is 23.9 Å². The Labute approximate surface area is 435 Å². The fraction of sp³-hybridized carbons (Fsp3) is 0. The SMILES string of the molecule is [2H]c1c([2H])c(-n2c3c([2H])c([2H])c([2H])c([2H])c3c3c([2H])c([2H])c([2H])c([2H])c32)c(-c2nc(-n3c4ccccc4c4ccccc43)nc(-n3c4c([2H])c([2H])c([2H])c([2H])c4c4c([2H])c([2H])c([2H])c([2H])c43)n2)c(-n2c3ccccc3c3ccc4sc5ccccc5c4c32)c1[2H]. The lowest BCUT2D eigenvalue weighted by Gasteiger charge is -2.20. The number of benzene rings is 10. The maximum absolute atomic E-state index is 10.5. The van der Waals surface area contributed by atoms with Gasteiger partial charge >= 0.3 is 0 Å². The zero-order valence-electron chi connectivity index (χ0n) is 55.4. The molecule has 0 aliphatic rings. The summed E-state index contributed by atoms with van der Waals surface area (Å²) >= 11 is 1.51. The summed E-state index contributed by atoms with van der Waals surface area (Å²) in [5.41, 5.74) is -0.732. The van der Waals surface area contributed by atoms with Gasteiger partial charge in [-0.3, -0.25) is 9.13 Å². The van der Waals surface area contributed by atoms with Gasteiger partial charge in [-0.05, 0) is 66.6 Å². The van der Waals surface area contributed by atoms with Crippen molar-refractivity contribution in [1.82, 2.24) is 33.2 Å². The van der Waals surface area contributed by atoms with Crippen molar-refractivity contribution in [1.29, 1.82) is 0 Å². The molecule has 0 bridgehead atoms. The number of hydrogen-bond donors (Lipinski definition) is 0. The highest BCUT2D eigenvalue weighted by atomic mass is 32.1. The van der Waals surface area contributed by atoms with Gasteiger partial charge < -0.3 is 9.13 Å². The van der Waals surface area contributed by atoms with Crippen LogP contribution >= 0.6 is 11.3 Å². The smallest absolute Gasteiger partial charge is 0.240 e. The van der Waals surface area contributed by atoms with Gasteiger partial charge in [0.1, 0.15) is 0 Å². The third-order valence-electron chi connectivity index (χ3n) is 13.3. The van der Waals surface area contributed by atoms with Gasteiger partial charge in [-0.25, -0.2) is 0 Å². The van der Waals surface area contributed by atoms with Crippen molar-refractivity contribution in [2.75, 3.05) is 0 Å². The van der Waals surface area contributed by atoms with E-state index in [9.17, 15) is 15.1 Å². The van der Waals surface area contributed by atoms with Gasteiger partial charge in [-0.2, -0.15) is 15.0 Å². The maximum atomic E-state index is 10.5. The molecule has 0 fully saturated rings. The van der Waals surface area contributed by atoms with Crippen molar-refractivity contribution in [3.63, 3.8) is 0 Å². The van der Waals surface area contributed by atoms with Crippen molar-refractivity contribution in [2.24, 2.45) is 0 Å². The Morgan fingerprint density at radius 1 is 0.324 bits per heavy atom. The fourth-order valence-electron chi connectivity index (χ4n) is 10.5. The van der Waals surface area contributed by atoms with E-state index >= 15 is 0 Å². The van der Waals surface area contributed by atoms with E-state index in [4.69, 9.17) is 25.9 Å². The lowest BCUT2D eigenvalue weighted by Crippen LogP contribution is -2.12. The molecule has 10 aromatic carbocycles. The largest absolute Gasteiger partial charge is 0.308 e. The quantitative estimate of drug-likeness (QED) is 0.173. The van der Waals surface area contributed by atoms with Gasteiger partial charge in [0.25, 0.3) is 0 Å². The summed E-state index contributed by atoms with van der Waals surface area (Å²) in [6.45, 7) is 0. The molecule has 0 atom stereocenters. The molecule has 330 valence electrons. The maximum Gasteiger partial charge on any atom is 0.240 e. The van der Waals surface area contributed by atoms with Crippen LogP contribution in [0.3, 0.4) is 0 Å². The zero-order valence-corrected chi connectivity index (χ0v) is 37.2. The molecule has 0 aliphatic heterocycles. The van der Waals surface area contributed by atoms with Gasteiger partial charge in [0, 0.05) is 63.3 Å². The number of para-hydroxylation sites is 7. The van der Waals surface area contributed by atoms with Crippen molar-refractivity contribution < 1.29 is 26.0 Å². The molecule has 0 spiro atoms. The van der Waals surface area contributed by atoms with Gasteiger partial charge in [-0.15, -0.1) is 11.3 Å². The lowest BCUT2D eigenvalue weighted by atomic mass is 10.1. The van der Waals surface area contributed by atoms with Crippen LogP contribution in [0.15, 0.2) is 224 Å². The van der Waals surface area contributed by atoms with Crippen LogP contribution in [0.1, 0.15) is 26.0 Å². The van der Waals surface area contributed by atoms with E-state index in [1.165, 1.54) is 11.3 Å². The first-order chi connectivity index (χ1) is 43.2. The van der Waals surface area contributed by atoms with E-state index in [2.05, 4.69) is 0 Å². The van der Waals surface area contributed by atoms with Crippen LogP contribution in [0.25, 0.3) is 142 Å². The van der Waals surface area contributed by atoms with E-state index in [0.29, 0.717) is 49.0 Å². The van der Waals surface area contributed by atoms with Crippen LogP contribution in [-0.2, 0) is 0 Å². The summed E-state index contributed by atoms with van der Waals surface area (Å²) < 4.78 is 187. The summed E-state index contributed by atoms with van der Waals surface area (Å²) in [5, 5.41) is 2.94. The third-order valence-corrected chi connectivity index (χ3v) is 14.5. The van der Waals surface area contributed by atoms with Crippen LogP contribution < -0.4 is 0 Å². The zero-order chi connectivity index (χ0) is 62.8. The standard InChI is InChI=1S/C63H37N7S/c1-9-26-47-38(18-1)39-19-2-10-27-48(39)67(47)54-33-17-34-55(68-49-28-11-7-24-44(49)45-36-37-57-58(60(45)68)46-25-8-16-35-56(46)71-57)59(54)61-64-62(69-50-29-12-3-20-40(50)41-21-4-13-30-51(41)69)66-63(65-61)70-52-31-14-5-22-42(52)43-23-6-15-32-53(43)70/h1-37H/i1D,2D,3D,4D,9D,10D,12D,13D,17D,18D,19D,20D,21D,26D,27D,29D,30D,33D,34D. The first-order valence-electron chi connectivity index (χ1n) is 31.9. The highest BCUT2D eigenvalue weighted by Crippen LogP contribution is 2.46. The molecule has 0 saturated carbocycles. The van der Waals surface area contributed by atoms with E-state index in [1.54, 1.807) is 45.5 Å². The Balaban J connectivity index is 1.22. The summed E-state index contributed by atoms with van der Waals surface area (Å²) in [6, 6.07) is 19.9. The molecular weight excluding hydrogens is 887 g/mol. The second-order valence-corrected chi connectivity index (χ2v) is 18.0. The lowest BCUT2D eigenvalue weighted by molar-refractivity contribution is 0.891. The Bertz CT molecular complexity index is 5860. The second kappa shape index (κ2) is 14.6. The molecule has 0 aliphatic carbocycles. The molecule has 8 heteroatoms. The fourth-order valence-corrected chi connectivity index (χ4v) is 11.6. The predicted molar refractivity (Wildman–Crippen MR) is 296 cm³/mol. The van der Waals surface area contributed by atoms with Gasteiger partial charge in [0.05, 0.1) is 87.1 Å². The molecule has 7 nitrogen and oxygen atoms in total. The Kier molecular flexibility index (Phi) is 5.08. The minimum atomic E-state index is -0.801. The number of aromatic nitrogens is 7. The number of rotatable bonds is 5. The predicted octanol–water partition coefficient (Wildman–Crippen LogP) is 16.3. The Hall–Kier alpha value is -9.37. The van der Waals surface area contributed by atoms with Crippen LogP contribution in [-0.4, -0.2) is 33.2 Å². The summed E-state index contributed by atoms with van der Waals surface area (Å²) in [5.74, 6) is -1.27. The van der Waals surface area contributed by atoms with Crippen molar-refractivity contribution in [3.8, 4) is 34.7 Å². The molecule has 71 heavy (non-hydrogen) atoms. The molecule has 16 rings (SSSR count). The Morgan fingerprint density at radius 2 is 0.761 bits per heavy atom. The first-order valence-corrected chi connectivity index (χ1v) is 23.2. The molecule has 0 N–H and O–H groups in total. The number of thiophene rings is 1. The summed E-state index contributed by atoms with van der Waals surface area (Å²) in [7, 11) is 0. The minimum absolute atomic E-state index is 0.215. The molecule has 16 aromatic rings. The molecular formula is C63H37N7S.